The average molecular weight is 777 g/mol. The summed E-state index contributed by atoms with van der Waals surface area (Å²) in [5, 5.41) is 7.44. The van der Waals surface area contributed by atoms with Crippen LogP contribution in [0.5, 0.6) is 0 Å². The minimum absolute atomic E-state index is 0.0853. The van der Waals surface area contributed by atoms with Crippen molar-refractivity contribution in [2.75, 3.05) is 39.8 Å². The van der Waals surface area contributed by atoms with Crippen LogP contribution < -0.4 is 10.6 Å². The van der Waals surface area contributed by atoms with E-state index in [0.29, 0.717) is 36.6 Å². The van der Waals surface area contributed by atoms with Crippen LogP contribution in [0, 0.1) is 66.1 Å². The molecule has 1 amide bonds. The minimum atomic E-state index is -0.172. The molecule has 5 atom stereocenters. The predicted octanol–water partition coefficient (Wildman–Crippen LogP) is 11.9. The third kappa shape index (κ3) is 23.3. The van der Waals surface area contributed by atoms with Crippen molar-refractivity contribution in [3.05, 3.63) is 23.9 Å². The number of allylic oxidation sites excluding steroid dienone is 2. The molecule has 5 nitrogen and oxygen atoms in total. The molecule has 2 aliphatic rings. The van der Waals surface area contributed by atoms with Crippen molar-refractivity contribution < 1.29 is 4.79 Å². The molecular formula is C51H92N4O. The smallest absolute Gasteiger partial charge is 0.224 e. The molecule has 322 valence electrons. The molecular weight excluding hydrogens is 685 g/mol. The number of carbonyl (C=O) groups is 1. The van der Waals surface area contributed by atoms with Crippen molar-refractivity contribution in [3.8, 4) is 24.7 Å². The van der Waals surface area contributed by atoms with E-state index in [1.807, 2.05) is 0 Å². The molecule has 0 aliphatic heterocycles. The summed E-state index contributed by atoms with van der Waals surface area (Å²) < 4.78 is 0. The van der Waals surface area contributed by atoms with Crippen molar-refractivity contribution in [1.29, 1.82) is 0 Å². The van der Waals surface area contributed by atoms with Gasteiger partial charge in [-0.15, -0.1) is 24.7 Å². The van der Waals surface area contributed by atoms with Crippen LogP contribution in [0.4, 0.5) is 0 Å². The summed E-state index contributed by atoms with van der Waals surface area (Å²) in [5.74, 6) is 9.47. The van der Waals surface area contributed by atoms with E-state index < -0.39 is 0 Å². The maximum Gasteiger partial charge on any atom is 0.224 e. The van der Waals surface area contributed by atoms with Gasteiger partial charge in [0.15, 0.2) is 0 Å². The lowest BCUT2D eigenvalue weighted by molar-refractivity contribution is -0.125. The van der Waals surface area contributed by atoms with Crippen molar-refractivity contribution in [2.24, 2.45) is 41.4 Å². The molecule has 5 heteroatoms. The van der Waals surface area contributed by atoms with E-state index in [1.54, 1.807) is 6.92 Å². The monoisotopic (exact) mass is 777 g/mol. The Kier molecular flexibility index (Phi) is 28.5. The van der Waals surface area contributed by atoms with Gasteiger partial charge in [0.1, 0.15) is 0 Å². The lowest BCUT2D eigenvalue weighted by Crippen LogP contribution is -2.47. The van der Waals surface area contributed by atoms with Crippen LogP contribution in [-0.2, 0) is 4.79 Å². The third-order valence-electron chi connectivity index (χ3n) is 12.9. The Morgan fingerprint density at radius 1 is 0.875 bits per heavy atom. The van der Waals surface area contributed by atoms with Gasteiger partial charge >= 0.3 is 0 Å². The van der Waals surface area contributed by atoms with Crippen LogP contribution in [0.15, 0.2) is 23.9 Å². The zero-order valence-corrected chi connectivity index (χ0v) is 38.7. The molecule has 0 aromatic carbocycles. The first-order valence-corrected chi connectivity index (χ1v) is 23.4. The van der Waals surface area contributed by atoms with Gasteiger partial charge in [0.2, 0.25) is 5.91 Å². The Balaban J connectivity index is 0.00000505. The van der Waals surface area contributed by atoms with E-state index in [0.717, 1.165) is 62.3 Å². The van der Waals surface area contributed by atoms with Gasteiger partial charge in [-0.2, -0.15) is 0 Å². The van der Waals surface area contributed by atoms with Gasteiger partial charge in [0, 0.05) is 43.7 Å². The Morgan fingerprint density at radius 3 is 2.12 bits per heavy atom. The minimum Gasteiger partial charge on any atom is -0.384 e. The highest BCUT2D eigenvalue weighted by molar-refractivity contribution is 5.79. The number of likely N-dealkylation sites (N-methyl/N-ethyl adjacent to an activating group) is 1. The van der Waals surface area contributed by atoms with Crippen molar-refractivity contribution in [1.82, 2.24) is 20.4 Å². The second kappa shape index (κ2) is 30.8. The van der Waals surface area contributed by atoms with Gasteiger partial charge in [0.05, 0.1) is 6.04 Å². The zero-order chi connectivity index (χ0) is 41.9. The first-order valence-electron chi connectivity index (χ1n) is 23.4. The van der Waals surface area contributed by atoms with Gasteiger partial charge < -0.3 is 20.4 Å². The zero-order valence-electron chi connectivity index (χ0n) is 38.7. The van der Waals surface area contributed by atoms with Gasteiger partial charge in [-0.1, -0.05) is 124 Å². The first kappa shape index (κ1) is 51.8. The molecule has 0 spiro atoms. The summed E-state index contributed by atoms with van der Waals surface area (Å²) >= 11 is 0. The lowest BCUT2D eigenvalue weighted by Gasteiger charge is -2.35. The van der Waals surface area contributed by atoms with Crippen LogP contribution in [0.25, 0.3) is 0 Å². The normalized spacial score (nSPS) is 20.6. The second-order valence-corrected chi connectivity index (χ2v) is 18.9. The van der Waals surface area contributed by atoms with E-state index in [2.05, 4.69) is 114 Å². The molecule has 0 bridgehead atoms. The van der Waals surface area contributed by atoms with Gasteiger partial charge in [-0.05, 0) is 121 Å². The van der Waals surface area contributed by atoms with Crippen LogP contribution >= 0.6 is 0 Å². The molecule has 3 unspecified atom stereocenters. The maximum absolute atomic E-state index is 14.3. The van der Waals surface area contributed by atoms with Crippen LogP contribution in [0.3, 0.4) is 0 Å². The number of nitrogens with one attached hydrogen (secondary N) is 2. The van der Waals surface area contributed by atoms with Gasteiger partial charge in [-0.3, -0.25) is 4.79 Å². The quantitative estimate of drug-likeness (QED) is 0.0644. The number of hydrogen-bond donors (Lipinski definition) is 2. The van der Waals surface area contributed by atoms with Gasteiger partial charge in [0.25, 0.3) is 0 Å². The van der Waals surface area contributed by atoms with Crippen LogP contribution in [-0.4, -0.2) is 67.6 Å². The molecule has 0 aromatic heterocycles. The molecule has 0 saturated heterocycles. The highest BCUT2D eigenvalue weighted by atomic mass is 16.2. The molecule has 2 aliphatic carbocycles. The van der Waals surface area contributed by atoms with Crippen LogP contribution in [0.2, 0.25) is 0 Å². The number of amides is 1. The first-order chi connectivity index (χ1) is 26.8. The second-order valence-electron chi connectivity index (χ2n) is 18.9. The SMILES string of the molecule is C#CC.C#CCCC(NC(=O)[C@@H](CCN(C)CCN(CCC)CC1CCC(C)CC1)C/C(C)=C/C(C)CC)C(=C)N[C@@H](CC1CCCCC1)C(C)CCC(C)C. The van der Waals surface area contributed by atoms with Crippen LogP contribution in [0.1, 0.15) is 178 Å². The fourth-order valence-electron chi connectivity index (χ4n) is 8.88. The van der Waals surface area contributed by atoms with E-state index >= 15 is 0 Å². The summed E-state index contributed by atoms with van der Waals surface area (Å²) in [4.78, 5) is 19.5. The Labute approximate surface area is 349 Å². The van der Waals surface area contributed by atoms with E-state index in [9.17, 15) is 4.79 Å². The van der Waals surface area contributed by atoms with E-state index in [4.69, 9.17) is 6.42 Å². The third-order valence-corrected chi connectivity index (χ3v) is 12.9. The topological polar surface area (TPSA) is 47.6 Å². The predicted molar refractivity (Wildman–Crippen MR) is 246 cm³/mol. The lowest BCUT2D eigenvalue weighted by atomic mass is 9.80. The number of nitrogens with zero attached hydrogens (tertiary/aromatic N) is 2. The van der Waals surface area contributed by atoms with Gasteiger partial charge in [-0.25, -0.2) is 0 Å². The highest BCUT2D eigenvalue weighted by Crippen LogP contribution is 2.31. The molecule has 0 heterocycles. The molecule has 0 aromatic rings. The highest BCUT2D eigenvalue weighted by Gasteiger charge is 2.28. The summed E-state index contributed by atoms with van der Waals surface area (Å²) in [7, 11) is 2.25. The summed E-state index contributed by atoms with van der Waals surface area (Å²) in [5.41, 5.74) is 2.26. The summed E-state index contributed by atoms with van der Waals surface area (Å²) in [6, 6.07) is 0.197. The standard InChI is InChI=1S/C48H88N4O.C3H4/c1-12-15-21-46(42(10)49-47(41(9)25-22-37(4)5)35-43-19-17-16-18-20-43)50-48(53)45(34-40(8)33-38(6)14-3)28-30-51(11)31-32-52(29-13-2)36-44-26-23-39(7)24-27-44;1-3-2/h1,33,37-39,41,43-47,49H,10,13-32,34-36H2,2-9,11H3,(H,50,53);1H,2H3/b40-33+;/t38?,39?,41?,44?,45-,46?,47-;/m0./s1. The van der Waals surface area contributed by atoms with E-state index in [1.165, 1.54) is 102 Å². The Morgan fingerprint density at radius 2 is 1.54 bits per heavy atom. The van der Waals surface area contributed by atoms with E-state index in [-0.39, 0.29) is 17.9 Å². The number of terminal acetylenes is 2. The molecule has 56 heavy (non-hydrogen) atoms. The summed E-state index contributed by atoms with van der Waals surface area (Å²) in [6.07, 6.45) is 34.1. The number of hydrogen-bond acceptors (Lipinski definition) is 4. The number of rotatable bonds is 27. The average Bonchev–Trinajstić information content (AvgIpc) is 3.17. The molecule has 2 fully saturated rings. The fourth-order valence-corrected chi connectivity index (χ4v) is 8.88. The van der Waals surface area contributed by atoms with Crippen molar-refractivity contribution in [3.63, 3.8) is 0 Å². The molecule has 2 rings (SSSR count). The Bertz CT molecular complexity index is 1150. The molecule has 2 saturated carbocycles. The maximum atomic E-state index is 14.3. The molecule has 0 radical (unpaired) electrons. The number of carbonyl (C=O) groups excluding carboxylic acids is 1. The molecule has 2 N–H and O–H groups in total. The summed E-state index contributed by atoms with van der Waals surface area (Å²) in [6.45, 7) is 30.3. The Hall–Kier alpha value is -2.21. The fraction of sp³-hybridized carbons (Fsp3) is 0.824. The largest absolute Gasteiger partial charge is 0.384 e. The van der Waals surface area contributed by atoms with Crippen molar-refractivity contribution >= 4 is 5.91 Å². The van der Waals surface area contributed by atoms with Crippen molar-refractivity contribution in [2.45, 2.75) is 190 Å².